The van der Waals surface area contributed by atoms with Gasteiger partial charge in [0.2, 0.25) is 0 Å². The lowest BCUT2D eigenvalue weighted by Crippen LogP contribution is -2.46. The Hall–Kier alpha value is -3.58. The number of amides is 2. The number of aromatic nitrogens is 2. The molecular formula is C24H23ClN4O3. The Morgan fingerprint density at radius 2 is 1.84 bits per heavy atom. The Morgan fingerprint density at radius 1 is 1.16 bits per heavy atom. The van der Waals surface area contributed by atoms with Crippen molar-refractivity contribution in [2.45, 2.75) is 19.9 Å². The number of hydrogen-bond donors (Lipinski definition) is 1. The molecule has 164 valence electrons. The van der Waals surface area contributed by atoms with E-state index in [0.717, 1.165) is 11.3 Å². The van der Waals surface area contributed by atoms with E-state index < -0.39 is 12.0 Å². The summed E-state index contributed by atoms with van der Waals surface area (Å²) in [7, 11) is 1.62. The van der Waals surface area contributed by atoms with Crippen molar-refractivity contribution in [3.05, 3.63) is 82.7 Å². The van der Waals surface area contributed by atoms with Gasteiger partial charge in [0.1, 0.15) is 0 Å². The smallest absolute Gasteiger partial charge is 0.338 e. The summed E-state index contributed by atoms with van der Waals surface area (Å²) >= 11 is 6.09. The highest BCUT2D eigenvalue weighted by Gasteiger charge is 2.37. The summed E-state index contributed by atoms with van der Waals surface area (Å²) in [6, 6.07) is 15.9. The molecule has 1 aromatic heterocycles. The van der Waals surface area contributed by atoms with E-state index in [4.69, 9.17) is 21.4 Å². The lowest BCUT2D eigenvalue weighted by molar-refractivity contribution is -0.139. The van der Waals surface area contributed by atoms with Crippen LogP contribution in [0.1, 0.15) is 25.5 Å². The SMILES string of the molecule is CCOC(=O)C1=C(C)N(C)C(=O)N[C@@H]1c1cn(-c2ccccc2)nc1-c1ccc(Cl)cc1. The molecule has 2 amide bonds. The molecule has 0 saturated heterocycles. The first-order valence-electron chi connectivity index (χ1n) is 10.2. The number of halogens is 1. The van der Waals surface area contributed by atoms with Gasteiger partial charge in [-0.3, -0.25) is 0 Å². The molecule has 1 aliphatic heterocycles. The van der Waals surface area contributed by atoms with Crippen LogP contribution in [0.25, 0.3) is 16.9 Å². The van der Waals surface area contributed by atoms with Crippen LogP contribution in [0.2, 0.25) is 5.02 Å². The average Bonchev–Trinajstić information content (AvgIpc) is 3.24. The largest absolute Gasteiger partial charge is 0.463 e. The average molecular weight is 451 g/mol. The number of esters is 1. The highest BCUT2D eigenvalue weighted by atomic mass is 35.5. The Balaban J connectivity index is 1.92. The number of carbonyl (C=O) groups is 2. The third kappa shape index (κ3) is 3.99. The molecule has 1 aliphatic rings. The molecule has 4 rings (SSSR count). The van der Waals surface area contributed by atoms with Gasteiger partial charge in [-0.25, -0.2) is 14.3 Å². The van der Waals surface area contributed by atoms with Gasteiger partial charge in [-0.15, -0.1) is 0 Å². The number of para-hydroxylation sites is 1. The first-order valence-corrected chi connectivity index (χ1v) is 10.6. The van der Waals surface area contributed by atoms with Crippen LogP contribution in [-0.4, -0.2) is 40.3 Å². The van der Waals surface area contributed by atoms with Crippen LogP contribution in [-0.2, 0) is 9.53 Å². The van der Waals surface area contributed by atoms with E-state index >= 15 is 0 Å². The van der Waals surface area contributed by atoms with Gasteiger partial charge < -0.3 is 15.0 Å². The third-order valence-electron chi connectivity index (χ3n) is 5.44. The molecule has 0 bridgehead atoms. The van der Waals surface area contributed by atoms with Crippen molar-refractivity contribution < 1.29 is 14.3 Å². The molecule has 0 spiro atoms. The predicted octanol–water partition coefficient (Wildman–Crippen LogP) is 4.73. The zero-order chi connectivity index (χ0) is 22.8. The van der Waals surface area contributed by atoms with Gasteiger partial charge in [-0.1, -0.05) is 41.9 Å². The second-order valence-corrected chi connectivity index (χ2v) is 7.82. The second kappa shape index (κ2) is 8.88. The number of rotatable bonds is 5. The lowest BCUT2D eigenvalue weighted by atomic mass is 9.93. The molecule has 0 saturated carbocycles. The number of ether oxygens (including phenoxy) is 1. The van der Waals surface area contributed by atoms with Crippen molar-refractivity contribution in [2.24, 2.45) is 0 Å². The molecule has 2 heterocycles. The molecule has 0 radical (unpaired) electrons. The minimum Gasteiger partial charge on any atom is -0.463 e. The van der Waals surface area contributed by atoms with E-state index in [1.807, 2.05) is 48.7 Å². The molecule has 0 unspecified atom stereocenters. The van der Waals surface area contributed by atoms with Crippen LogP contribution in [0.5, 0.6) is 0 Å². The topological polar surface area (TPSA) is 76.5 Å². The van der Waals surface area contributed by atoms with Crippen LogP contribution in [0.4, 0.5) is 4.79 Å². The van der Waals surface area contributed by atoms with Gasteiger partial charge in [0, 0.05) is 35.1 Å². The highest BCUT2D eigenvalue weighted by Crippen LogP contribution is 2.36. The summed E-state index contributed by atoms with van der Waals surface area (Å²) in [5.41, 5.74) is 3.89. The maximum absolute atomic E-state index is 12.9. The summed E-state index contributed by atoms with van der Waals surface area (Å²) in [4.78, 5) is 27.0. The zero-order valence-corrected chi connectivity index (χ0v) is 18.8. The quantitative estimate of drug-likeness (QED) is 0.570. The van der Waals surface area contributed by atoms with Crippen LogP contribution in [0.3, 0.4) is 0 Å². The fourth-order valence-electron chi connectivity index (χ4n) is 3.69. The van der Waals surface area contributed by atoms with Crippen molar-refractivity contribution in [3.8, 4) is 16.9 Å². The van der Waals surface area contributed by atoms with Gasteiger partial charge in [0.25, 0.3) is 0 Å². The summed E-state index contributed by atoms with van der Waals surface area (Å²) in [5.74, 6) is -0.476. The van der Waals surface area contributed by atoms with Crippen molar-refractivity contribution in [1.82, 2.24) is 20.0 Å². The molecule has 3 aromatic rings. The molecule has 1 N–H and O–H groups in total. The van der Waals surface area contributed by atoms with E-state index in [-0.39, 0.29) is 12.6 Å². The lowest BCUT2D eigenvalue weighted by Gasteiger charge is -2.33. The molecule has 32 heavy (non-hydrogen) atoms. The predicted molar refractivity (Wildman–Crippen MR) is 122 cm³/mol. The standard InChI is InChI=1S/C24H23ClN4O3/c1-4-32-23(30)20-15(2)28(3)24(31)26-22(20)19-14-29(18-8-6-5-7-9-18)27-21(19)16-10-12-17(25)13-11-16/h5-14,22H,4H2,1-3H3,(H,26,31)/t22-/m1/s1. The van der Waals surface area contributed by atoms with Gasteiger partial charge in [-0.2, -0.15) is 5.10 Å². The van der Waals surface area contributed by atoms with Crippen molar-refractivity contribution in [1.29, 1.82) is 0 Å². The molecule has 8 heteroatoms. The molecule has 7 nitrogen and oxygen atoms in total. The van der Waals surface area contributed by atoms with E-state index in [9.17, 15) is 9.59 Å². The minimum absolute atomic E-state index is 0.229. The first kappa shape index (κ1) is 21.6. The van der Waals surface area contributed by atoms with Crippen LogP contribution >= 0.6 is 11.6 Å². The van der Waals surface area contributed by atoms with E-state index in [0.29, 0.717) is 27.6 Å². The number of benzene rings is 2. The first-order chi connectivity index (χ1) is 15.4. The molecule has 1 atom stereocenters. The number of allylic oxidation sites excluding steroid dienone is 1. The van der Waals surface area contributed by atoms with E-state index in [1.165, 1.54) is 4.90 Å². The number of urea groups is 1. The Kier molecular flexibility index (Phi) is 6.01. The Morgan fingerprint density at radius 3 is 2.50 bits per heavy atom. The normalized spacial score (nSPS) is 16.2. The second-order valence-electron chi connectivity index (χ2n) is 7.38. The molecule has 0 aliphatic carbocycles. The van der Waals surface area contributed by atoms with Gasteiger partial charge in [-0.05, 0) is 38.1 Å². The van der Waals surface area contributed by atoms with Gasteiger partial charge in [0.05, 0.1) is 29.6 Å². The van der Waals surface area contributed by atoms with Crippen molar-refractivity contribution in [2.75, 3.05) is 13.7 Å². The maximum atomic E-state index is 12.9. The number of carbonyl (C=O) groups excluding carboxylic acids is 2. The molecular weight excluding hydrogens is 428 g/mol. The monoisotopic (exact) mass is 450 g/mol. The van der Waals surface area contributed by atoms with Crippen LogP contribution in [0, 0.1) is 0 Å². The zero-order valence-electron chi connectivity index (χ0n) is 18.0. The fourth-order valence-corrected chi connectivity index (χ4v) is 3.81. The summed E-state index contributed by atoms with van der Waals surface area (Å²) in [5, 5.41) is 8.34. The highest BCUT2D eigenvalue weighted by molar-refractivity contribution is 6.30. The van der Waals surface area contributed by atoms with Gasteiger partial charge in [0.15, 0.2) is 0 Å². The van der Waals surface area contributed by atoms with E-state index in [2.05, 4.69) is 5.32 Å². The molecule has 2 aromatic carbocycles. The van der Waals surface area contributed by atoms with Crippen LogP contribution in [0.15, 0.2) is 72.1 Å². The Bertz CT molecular complexity index is 1190. The fraction of sp³-hybridized carbons (Fsp3) is 0.208. The van der Waals surface area contributed by atoms with E-state index in [1.54, 1.807) is 37.7 Å². The van der Waals surface area contributed by atoms with Crippen molar-refractivity contribution >= 4 is 23.6 Å². The van der Waals surface area contributed by atoms with Crippen molar-refractivity contribution in [3.63, 3.8) is 0 Å². The minimum atomic E-state index is -0.721. The number of nitrogens with zero attached hydrogens (tertiary/aromatic N) is 3. The summed E-state index contributed by atoms with van der Waals surface area (Å²) in [6.45, 7) is 3.72. The number of hydrogen-bond acceptors (Lipinski definition) is 4. The summed E-state index contributed by atoms with van der Waals surface area (Å²) in [6.07, 6.45) is 1.84. The van der Waals surface area contributed by atoms with Gasteiger partial charge >= 0.3 is 12.0 Å². The maximum Gasteiger partial charge on any atom is 0.338 e. The summed E-state index contributed by atoms with van der Waals surface area (Å²) < 4.78 is 7.06. The van der Waals surface area contributed by atoms with Crippen LogP contribution < -0.4 is 5.32 Å². The molecule has 0 fully saturated rings. The Labute approximate surface area is 191 Å². The number of nitrogens with one attached hydrogen (secondary N) is 1. The third-order valence-corrected chi connectivity index (χ3v) is 5.69.